The smallest absolute Gasteiger partial charge is 0.259 e. The maximum atomic E-state index is 12.2. The second kappa shape index (κ2) is 10.5. The average molecular weight is 512 g/mol. The van der Waals surface area contributed by atoms with Gasteiger partial charge in [0, 0.05) is 5.69 Å². The number of rotatable bonds is 7. The van der Waals surface area contributed by atoms with Gasteiger partial charge < -0.3 is 20.7 Å². The molecule has 30 heavy (non-hydrogen) atoms. The summed E-state index contributed by atoms with van der Waals surface area (Å²) in [5.74, 6) is -0.0471. The Bertz CT molecular complexity index is 984. The minimum Gasteiger partial charge on any atom is -0.484 e. The molecule has 0 aliphatic rings. The zero-order chi connectivity index (χ0) is 22.4. The molecule has 0 bridgehead atoms. The lowest BCUT2D eigenvalue weighted by Gasteiger charge is -2.27. The number of hydrogen-bond acceptors (Lipinski definition) is 5. The summed E-state index contributed by atoms with van der Waals surface area (Å²) in [6.45, 7) is -0.307. The van der Waals surface area contributed by atoms with Crippen LogP contribution in [0.1, 0.15) is 0 Å². The Balaban J connectivity index is 1.95. The molecule has 0 aliphatic carbocycles. The second-order valence-electron chi connectivity index (χ2n) is 5.81. The van der Waals surface area contributed by atoms with Gasteiger partial charge in [0.2, 0.25) is 13.8 Å². The molecule has 13 heteroatoms. The third-order valence-corrected chi connectivity index (χ3v) is 5.27. The minimum atomic E-state index is -3.81. The van der Waals surface area contributed by atoms with Crippen molar-refractivity contribution >= 4 is 73.8 Å². The summed E-state index contributed by atoms with van der Waals surface area (Å²) in [5, 5.41) is 13.0. The number of primary sulfonamides is 1. The molecule has 0 saturated heterocycles. The van der Waals surface area contributed by atoms with Gasteiger partial charge in [0.05, 0.1) is 4.90 Å². The Morgan fingerprint density at radius 1 is 1.07 bits per heavy atom. The number of amides is 1. The van der Waals surface area contributed by atoms with E-state index in [4.69, 9.17) is 56.9 Å². The molecule has 0 aromatic heterocycles. The Hall–Kier alpha value is -1.82. The summed E-state index contributed by atoms with van der Waals surface area (Å²) < 4.78 is 26.0. The van der Waals surface area contributed by atoms with Crippen LogP contribution in [0.15, 0.2) is 59.5 Å². The molecule has 0 heterocycles. The normalized spacial score (nSPS) is 12.5. The maximum absolute atomic E-state index is 12.2. The summed E-state index contributed by atoms with van der Waals surface area (Å²) in [6, 6.07) is 14.2. The number of sulfonamides is 1. The number of carbonyl (C=O) groups is 1. The molecule has 8 nitrogen and oxygen atoms in total. The van der Waals surface area contributed by atoms with E-state index >= 15 is 0 Å². The highest BCUT2D eigenvalue weighted by atomic mass is 35.6. The van der Waals surface area contributed by atoms with E-state index in [0.29, 0.717) is 11.4 Å². The van der Waals surface area contributed by atoms with Gasteiger partial charge in [-0.2, -0.15) is 0 Å². The van der Waals surface area contributed by atoms with Gasteiger partial charge in [0.1, 0.15) is 11.9 Å². The lowest BCUT2D eigenvalue weighted by molar-refractivity contribution is -0.123. The van der Waals surface area contributed by atoms with Crippen LogP contribution in [0, 0.1) is 0 Å². The van der Waals surface area contributed by atoms with Crippen LogP contribution in [-0.2, 0) is 14.8 Å². The van der Waals surface area contributed by atoms with Gasteiger partial charge in [-0.25, -0.2) is 13.6 Å². The van der Waals surface area contributed by atoms with Gasteiger partial charge in [0.25, 0.3) is 5.91 Å². The molecule has 0 aliphatic heterocycles. The molecular weight excluding hydrogens is 495 g/mol. The number of ether oxygens (including phenoxy) is 1. The van der Waals surface area contributed by atoms with Crippen molar-refractivity contribution in [3.63, 3.8) is 0 Å². The van der Waals surface area contributed by atoms with Crippen LogP contribution < -0.4 is 25.8 Å². The quantitative estimate of drug-likeness (QED) is 0.256. The fourth-order valence-electron chi connectivity index (χ4n) is 2.09. The summed E-state index contributed by atoms with van der Waals surface area (Å²) >= 11 is 22.9. The molecule has 2 aromatic carbocycles. The Morgan fingerprint density at radius 3 is 2.20 bits per heavy atom. The number of nitrogens with one attached hydrogen (secondary N) is 3. The van der Waals surface area contributed by atoms with Crippen molar-refractivity contribution in [3.8, 4) is 5.75 Å². The second-order valence-corrected chi connectivity index (χ2v) is 10.2. The Labute approximate surface area is 194 Å². The molecule has 162 valence electrons. The summed E-state index contributed by atoms with van der Waals surface area (Å²) in [6.07, 6.45) is -1.18. The molecule has 1 atom stereocenters. The number of para-hydroxylation sites is 1. The fourth-order valence-corrected chi connectivity index (χ4v) is 3.17. The molecule has 0 fully saturated rings. The highest BCUT2D eigenvalue weighted by Crippen LogP contribution is 2.29. The van der Waals surface area contributed by atoms with Gasteiger partial charge >= 0.3 is 0 Å². The topological polar surface area (TPSA) is 123 Å². The Morgan fingerprint density at radius 2 is 1.67 bits per heavy atom. The third-order valence-electron chi connectivity index (χ3n) is 3.46. The molecular formula is C17H17Cl3N4O4S2. The molecule has 1 amide bonds. The minimum absolute atomic E-state index is 0.0129. The number of alkyl halides is 3. The highest BCUT2D eigenvalue weighted by molar-refractivity contribution is 7.89. The lowest BCUT2D eigenvalue weighted by atomic mass is 10.3. The van der Waals surface area contributed by atoms with E-state index in [1.807, 2.05) is 6.07 Å². The van der Waals surface area contributed by atoms with Crippen LogP contribution in [0.25, 0.3) is 0 Å². The third kappa shape index (κ3) is 8.13. The molecule has 0 saturated carbocycles. The number of halogens is 3. The number of thiocarbonyl (C=S) groups is 1. The first-order chi connectivity index (χ1) is 13.9. The van der Waals surface area contributed by atoms with Crippen LogP contribution in [0.4, 0.5) is 5.69 Å². The number of anilines is 1. The molecule has 5 N–H and O–H groups in total. The molecule has 2 aromatic rings. The van der Waals surface area contributed by atoms with Gasteiger partial charge in [-0.15, -0.1) is 0 Å². The van der Waals surface area contributed by atoms with Gasteiger partial charge in [-0.05, 0) is 48.6 Å². The first-order valence-electron chi connectivity index (χ1n) is 8.19. The van der Waals surface area contributed by atoms with Crippen molar-refractivity contribution in [2.45, 2.75) is 14.9 Å². The molecule has 0 radical (unpaired) electrons. The van der Waals surface area contributed by atoms with Crippen LogP contribution in [0.5, 0.6) is 5.75 Å². The van der Waals surface area contributed by atoms with E-state index in [2.05, 4.69) is 16.0 Å². The molecule has 2 rings (SSSR count). The van der Waals surface area contributed by atoms with Crippen molar-refractivity contribution in [1.82, 2.24) is 10.6 Å². The first-order valence-corrected chi connectivity index (χ1v) is 11.3. The van der Waals surface area contributed by atoms with Gasteiger partial charge in [-0.1, -0.05) is 53.0 Å². The summed E-state index contributed by atoms with van der Waals surface area (Å²) in [7, 11) is -3.81. The first kappa shape index (κ1) is 24.4. The van der Waals surface area contributed by atoms with Crippen LogP contribution in [0.3, 0.4) is 0 Å². The van der Waals surface area contributed by atoms with E-state index in [1.54, 1.807) is 24.3 Å². The van der Waals surface area contributed by atoms with Crippen molar-refractivity contribution in [3.05, 3.63) is 54.6 Å². The van der Waals surface area contributed by atoms with E-state index < -0.39 is 25.9 Å². The van der Waals surface area contributed by atoms with Crippen molar-refractivity contribution in [1.29, 1.82) is 0 Å². The van der Waals surface area contributed by atoms with Crippen molar-refractivity contribution in [2.75, 3.05) is 11.9 Å². The van der Waals surface area contributed by atoms with Crippen molar-refractivity contribution < 1.29 is 17.9 Å². The van der Waals surface area contributed by atoms with E-state index in [-0.39, 0.29) is 16.6 Å². The number of nitrogens with two attached hydrogens (primary N) is 1. The SMILES string of the molecule is NS(=O)(=O)c1ccc(NC(=S)NC(NC(=O)COc2ccccc2)C(Cl)(Cl)Cl)cc1. The predicted octanol–water partition coefficient (Wildman–Crippen LogP) is 2.51. The molecule has 1 unspecified atom stereocenters. The zero-order valence-corrected chi connectivity index (χ0v) is 19.0. The number of hydrogen-bond donors (Lipinski definition) is 4. The van der Waals surface area contributed by atoms with Crippen LogP contribution in [0.2, 0.25) is 0 Å². The standard InChI is InChI=1S/C17H17Cl3N4O4S2/c18-17(19,20)15(23-14(25)10-28-12-4-2-1-3-5-12)24-16(29)22-11-6-8-13(9-7-11)30(21,26)27/h1-9,15H,10H2,(H,23,25)(H2,21,26,27)(H2,22,24,29). The fraction of sp³-hybridized carbons (Fsp3) is 0.176. The summed E-state index contributed by atoms with van der Waals surface area (Å²) in [4.78, 5) is 12.1. The molecule has 0 spiro atoms. The lowest BCUT2D eigenvalue weighted by Crippen LogP contribution is -2.56. The largest absolute Gasteiger partial charge is 0.484 e. The Kier molecular flexibility index (Phi) is 8.53. The maximum Gasteiger partial charge on any atom is 0.259 e. The van der Waals surface area contributed by atoms with Gasteiger partial charge in [0.15, 0.2) is 11.7 Å². The number of benzene rings is 2. The van der Waals surface area contributed by atoms with E-state index in [1.165, 1.54) is 24.3 Å². The number of carbonyl (C=O) groups excluding carboxylic acids is 1. The van der Waals surface area contributed by atoms with Crippen LogP contribution in [-0.4, -0.2) is 36.0 Å². The van der Waals surface area contributed by atoms with Crippen molar-refractivity contribution in [2.24, 2.45) is 5.14 Å². The predicted molar refractivity (Wildman–Crippen MR) is 121 cm³/mol. The highest BCUT2D eigenvalue weighted by Gasteiger charge is 2.34. The summed E-state index contributed by atoms with van der Waals surface area (Å²) in [5.41, 5.74) is 0.446. The monoisotopic (exact) mass is 510 g/mol. The zero-order valence-electron chi connectivity index (χ0n) is 15.1. The average Bonchev–Trinajstić information content (AvgIpc) is 2.65. The van der Waals surface area contributed by atoms with E-state index in [0.717, 1.165) is 0 Å². The van der Waals surface area contributed by atoms with E-state index in [9.17, 15) is 13.2 Å². The van der Waals surface area contributed by atoms with Gasteiger partial charge in [-0.3, -0.25) is 4.79 Å². The van der Waals surface area contributed by atoms with Crippen LogP contribution >= 0.6 is 47.0 Å².